The minimum absolute atomic E-state index is 0.167. The number of anilines is 1. The predicted molar refractivity (Wildman–Crippen MR) is 92.0 cm³/mol. The first-order valence-corrected chi connectivity index (χ1v) is 9.84. The second-order valence-corrected chi connectivity index (χ2v) is 8.37. The number of ether oxygens (including phenoxy) is 1. The van der Waals surface area contributed by atoms with E-state index >= 15 is 0 Å². The topological polar surface area (TPSA) is 99.0 Å². The zero-order chi connectivity index (χ0) is 20.0. The fraction of sp³-hybridized carbons (Fsp3) is 0.625. The van der Waals surface area contributed by atoms with Crippen LogP contribution < -0.4 is 10.1 Å². The highest BCUT2D eigenvalue weighted by atomic mass is 31.2. The van der Waals surface area contributed by atoms with Crippen LogP contribution in [0.3, 0.4) is 0 Å². The first-order chi connectivity index (χ1) is 11.8. The molecule has 4 N–H and O–H groups in total. The molecule has 1 aliphatic rings. The molecule has 1 aliphatic carbocycles. The number of halogens is 3. The number of rotatable bonds is 4. The molecule has 150 valence electrons. The Hall–Kier alpha value is -1.28. The van der Waals surface area contributed by atoms with Gasteiger partial charge >= 0.3 is 14.0 Å². The Morgan fingerprint density at radius 3 is 1.96 bits per heavy atom. The maximum Gasteiger partial charge on any atom is 0.573 e. The molecule has 1 aromatic carbocycles. The second kappa shape index (κ2) is 9.08. The molecule has 6 nitrogen and oxygen atoms in total. The van der Waals surface area contributed by atoms with Crippen LogP contribution >= 0.6 is 7.60 Å². The van der Waals surface area contributed by atoms with E-state index < -0.39 is 19.2 Å². The van der Waals surface area contributed by atoms with Crippen molar-refractivity contribution in [1.82, 2.24) is 0 Å². The van der Waals surface area contributed by atoms with E-state index in [4.69, 9.17) is 5.11 Å². The third-order valence-corrected chi connectivity index (χ3v) is 5.38. The third kappa shape index (κ3) is 7.53. The highest BCUT2D eigenvalue weighted by Crippen LogP contribution is 2.57. The number of aliphatic hydroxyl groups is 1. The normalized spacial score (nSPS) is 17.3. The first kappa shape index (κ1) is 22.8. The molecular formula is C16H25F3NO5P. The molecule has 10 heteroatoms. The van der Waals surface area contributed by atoms with Crippen molar-refractivity contribution in [3.05, 3.63) is 24.3 Å². The molecule has 0 spiro atoms. The summed E-state index contributed by atoms with van der Waals surface area (Å²) >= 11 is 0. The highest BCUT2D eigenvalue weighted by Gasteiger charge is 2.47. The van der Waals surface area contributed by atoms with Gasteiger partial charge in [-0.05, 0) is 51.0 Å². The van der Waals surface area contributed by atoms with Crippen LogP contribution in [-0.4, -0.2) is 32.6 Å². The second-order valence-electron chi connectivity index (χ2n) is 6.43. The molecule has 0 aliphatic heterocycles. The van der Waals surface area contributed by atoms with E-state index in [0.29, 0.717) is 31.4 Å². The standard InChI is InChI=1S/C13H17F3NO4P.C3H8O/c14-13(15,16)21-11-6-4-10(5-7-11)17-12(22(18,19)20)8-2-1-3-9-12;1-3(2)4/h4-7,17H,1-3,8-9H2,(H2,18,19,20);3-4H,1-2H3. The van der Waals surface area contributed by atoms with Crippen LogP contribution in [-0.2, 0) is 4.57 Å². The summed E-state index contributed by atoms with van der Waals surface area (Å²) < 4.78 is 51.9. The molecular weight excluding hydrogens is 374 g/mol. The van der Waals surface area contributed by atoms with Crippen LogP contribution in [0.15, 0.2) is 24.3 Å². The van der Waals surface area contributed by atoms with Gasteiger partial charge in [-0.3, -0.25) is 4.57 Å². The number of hydrogen-bond donors (Lipinski definition) is 4. The Morgan fingerprint density at radius 1 is 1.12 bits per heavy atom. The predicted octanol–water partition coefficient (Wildman–Crippen LogP) is 4.22. The van der Waals surface area contributed by atoms with Crippen molar-refractivity contribution in [3.8, 4) is 5.75 Å². The Labute approximate surface area is 150 Å². The number of aliphatic hydroxyl groups excluding tert-OH is 1. The number of benzene rings is 1. The van der Waals surface area contributed by atoms with Gasteiger partial charge in [0.25, 0.3) is 0 Å². The fourth-order valence-corrected chi connectivity index (χ4v) is 3.81. The molecule has 1 saturated carbocycles. The van der Waals surface area contributed by atoms with Crippen LogP contribution in [0.1, 0.15) is 46.0 Å². The molecule has 0 heterocycles. The van der Waals surface area contributed by atoms with E-state index in [0.717, 1.165) is 18.6 Å². The lowest BCUT2D eigenvalue weighted by Gasteiger charge is -2.39. The Bertz CT molecular complexity index is 592. The summed E-state index contributed by atoms with van der Waals surface area (Å²) in [5.74, 6) is -0.382. The number of nitrogens with one attached hydrogen (secondary N) is 1. The molecule has 1 aromatic rings. The minimum atomic E-state index is -4.77. The van der Waals surface area contributed by atoms with Gasteiger partial charge in [0.1, 0.15) is 11.0 Å². The maximum atomic E-state index is 12.1. The summed E-state index contributed by atoms with van der Waals surface area (Å²) in [6.45, 7) is 3.44. The monoisotopic (exact) mass is 399 g/mol. The summed E-state index contributed by atoms with van der Waals surface area (Å²) in [5.41, 5.74) is 0.347. The van der Waals surface area contributed by atoms with E-state index in [1.165, 1.54) is 12.1 Å². The van der Waals surface area contributed by atoms with Crippen LogP contribution in [0.5, 0.6) is 5.75 Å². The Balaban J connectivity index is 0.000000765. The lowest BCUT2D eigenvalue weighted by molar-refractivity contribution is -0.274. The zero-order valence-electron chi connectivity index (χ0n) is 14.7. The lowest BCUT2D eigenvalue weighted by atomic mass is 9.94. The van der Waals surface area contributed by atoms with E-state index in [9.17, 15) is 27.5 Å². The largest absolute Gasteiger partial charge is 0.573 e. The van der Waals surface area contributed by atoms with Gasteiger partial charge in [-0.15, -0.1) is 13.2 Å². The van der Waals surface area contributed by atoms with Crippen molar-refractivity contribution in [2.24, 2.45) is 0 Å². The number of alkyl halides is 3. The molecule has 0 saturated heterocycles. The van der Waals surface area contributed by atoms with Crippen LogP contribution in [0.2, 0.25) is 0 Å². The molecule has 1 fully saturated rings. The van der Waals surface area contributed by atoms with Gasteiger partial charge in [-0.2, -0.15) is 0 Å². The number of hydrogen-bond acceptors (Lipinski definition) is 4. The lowest BCUT2D eigenvalue weighted by Crippen LogP contribution is -2.40. The molecule has 0 radical (unpaired) electrons. The van der Waals surface area contributed by atoms with Crippen molar-refractivity contribution in [1.29, 1.82) is 0 Å². The Kier molecular flexibility index (Phi) is 7.95. The quantitative estimate of drug-likeness (QED) is 0.566. The summed E-state index contributed by atoms with van der Waals surface area (Å²) in [6.07, 6.45) is -2.02. The van der Waals surface area contributed by atoms with Crippen LogP contribution in [0, 0.1) is 0 Å². The van der Waals surface area contributed by atoms with Crippen LogP contribution in [0.25, 0.3) is 0 Å². The van der Waals surface area contributed by atoms with E-state index in [-0.39, 0.29) is 11.9 Å². The maximum absolute atomic E-state index is 12.1. The molecule has 2 rings (SSSR count). The third-order valence-electron chi connectivity index (χ3n) is 3.70. The summed E-state index contributed by atoms with van der Waals surface area (Å²) in [7, 11) is -4.41. The van der Waals surface area contributed by atoms with Crippen molar-refractivity contribution in [3.63, 3.8) is 0 Å². The highest BCUT2D eigenvalue weighted by molar-refractivity contribution is 7.53. The van der Waals surface area contributed by atoms with Gasteiger partial charge in [0, 0.05) is 11.8 Å². The van der Waals surface area contributed by atoms with Gasteiger partial charge in [-0.1, -0.05) is 19.3 Å². The smallest absolute Gasteiger partial charge is 0.406 e. The van der Waals surface area contributed by atoms with Crippen molar-refractivity contribution >= 4 is 13.3 Å². The molecule has 0 unspecified atom stereocenters. The SMILES string of the molecule is CC(C)O.O=P(O)(O)C1(Nc2ccc(OC(F)(F)F)cc2)CCCCC1. The average molecular weight is 399 g/mol. The summed E-state index contributed by atoms with van der Waals surface area (Å²) in [4.78, 5) is 19.3. The van der Waals surface area contributed by atoms with Gasteiger partial charge < -0.3 is 24.9 Å². The van der Waals surface area contributed by atoms with Crippen molar-refractivity contribution in [2.75, 3.05) is 5.32 Å². The van der Waals surface area contributed by atoms with Gasteiger partial charge in [0.15, 0.2) is 0 Å². The van der Waals surface area contributed by atoms with E-state index in [2.05, 4.69) is 10.1 Å². The molecule has 26 heavy (non-hydrogen) atoms. The average Bonchev–Trinajstić information content (AvgIpc) is 2.47. The van der Waals surface area contributed by atoms with Gasteiger partial charge in [0.2, 0.25) is 0 Å². The molecule has 0 bridgehead atoms. The van der Waals surface area contributed by atoms with Crippen molar-refractivity contribution in [2.45, 2.75) is 63.7 Å². The van der Waals surface area contributed by atoms with Gasteiger partial charge in [-0.25, -0.2) is 0 Å². The van der Waals surface area contributed by atoms with Crippen LogP contribution in [0.4, 0.5) is 18.9 Å². The summed E-state index contributed by atoms with van der Waals surface area (Å²) in [6, 6.07) is 4.83. The first-order valence-electron chi connectivity index (χ1n) is 8.22. The summed E-state index contributed by atoms with van der Waals surface area (Å²) in [5, 5.41) is 9.53. The van der Waals surface area contributed by atoms with Gasteiger partial charge in [0.05, 0.1) is 0 Å². The fourth-order valence-electron chi connectivity index (χ4n) is 2.63. The molecule has 0 atom stereocenters. The van der Waals surface area contributed by atoms with E-state index in [1.54, 1.807) is 13.8 Å². The minimum Gasteiger partial charge on any atom is -0.406 e. The Morgan fingerprint density at radius 2 is 1.58 bits per heavy atom. The zero-order valence-corrected chi connectivity index (χ0v) is 15.6. The van der Waals surface area contributed by atoms with E-state index in [1.807, 2.05) is 0 Å². The molecule has 0 amide bonds. The van der Waals surface area contributed by atoms with Crippen molar-refractivity contribution < 1.29 is 37.4 Å². The molecule has 0 aromatic heterocycles.